The smallest absolute Gasteiger partial charge is 0.351 e. The Kier molecular flexibility index (Phi) is 3.92. The van der Waals surface area contributed by atoms with E-state index in [1.165, 1.54) is 0 Å². The molecule has 2 aliphatic rings. The summed E-state index contributed by atoms with van der Waals surface area (Å²) in [5, 5.41) is 22.9. The van der Waals surface area contributed by atoms with Gasteiger partial charge < -0.3 is 15.1 Å². The monoisotopic (exact) mass is 346 g/mol. The Morgan fingerprint density at radius 2 is 2.29 bits per heavy atom. The van der Waals surface area contributed by atoms with E-state index in [1.54, 1.807) is 4.68 Å². The van der Waals surface area contributed by atoms with Crippen molar-refractivity contribution in [2.45, 2.75) is 37.5 Å². The number of benzene rings is 1. The molecule has 0 saturated carbocycles. The third kappa shape index (κ3) is 2.65. The first-order valence-corrected chi connectivity index (χ1v) is 8.59. The van der Waals surface area contributed by atoms with Crippen molar-refractivity contribution in [3.05, 3.63) is 40.7 Å². The number of aryl methyl sites for hydroxylation is 1. The summed E-state index contributed by atoms with van der Waals surface area (Å²) in [5.74, 6) is 0. The summed E-state index contributed by atoms with van der Waals surface area (Å²) in [6, 6.07) is 6.03. The molecule has 0 amide bonds. The fraction of sp³-hybridized carbons (Fsp3) is 0.500. The van der Waals surface area contributed by atoms with E-state index < -0.39 is 12.5 Å². The van der Waals surface area contributed by atoms with Gasteiger partial charge in [-0.15, -0.1) is 5.10 Å². The number of ether oxygens (including phenoxy) is 1. The van der Waals surface area contributed by atoms with Crippen molar-refractivity contribution in [1.29, 1.82) is 0 Å². The lowest BCUT2D eigenvalue weighted by atomic mass is 9.55. The molecule has 1 aromatic carbocycles. The van der Waals surface area contributed by atoms with Gasteiger partial charge in [-0.05, 0) is 36.5 Å². The molecule has 8 heteroatoms. The van der Waals surface area contributed by atoms with Gasteiger partial charge in [0.25, 0.3) is 0 Å². The van der Waals surface area contributed by atoms with Crippen LogP contribution in [-0.4, -0.2) is 39.5 Å². The van der Waals surface area contributed by atoms with Crippen molar-refractivity contribution in [2.75, 3.05) is 6.51 Å². The average molecular weight is 347 g/mol. The van der Waals surface area contributed by atoms with Crippen molar-refractivity contribution in [3.8, 4) is 0 Å². The van der Waals surface area contributed by atoms with Gasteiger partial charge in [0.2, 0.25) is 0 Å². The maximum absolute atomic E-state index is 10.3. The summed E-state index contributed by atoms with van der Waals surface area (Å²) in [7, 11) is 1.86. The molecule has 1 saturated heterocycles. The first-order chi connectivity index (χ1) is 11.5. The van der Waals surface area contributed by atoms with Crippen molar-refractivity contribution >= 4 is 24.0 Å². The summed E-state index contributed by atoms with van der Waals surface area (Å²) in [6.45, 7) is 1.80. The molecule has 2 N–H and O–H groups in total. The number of nitrogens with zero attached hydrogens (tertiary/aromatic N) is 3. The van der Waals surface area contributed by atoms with Crippen molar-refractivity contribution in [2.24, 2.45) is 7.05 Å². The highest BCUT2D eigenvalue weighted by atomic mass is 35.5. The Bertz CT molecular complexity index is 770. The molecular formula is C16H20BClN4O2. The Labute approximate surface area is 146 Å². The number of nitrogens with one attached hydrogen (secondary N) is 1. The summed E-state index contributed by atoms with van der Waals surface area (Å²) < 4.78 is 7.94. The predicted octanol–water partition coefficient (Wildman–Crippen LogP) is 0.937. The lowest BCUT2D eigenvalue weighted by molar-refractivity contribution is -0.0778. The van der Waals surface area contributed by atoms with E-state index in [2.05, 4.69) is 22.6 Å². The molecule has 1 unspecified atom stereocenters. The molecule has 24 heavy (non-hydrogen) atoms. The Balaban J connectivity index is 1.75. The predicted molar refractivity (Wildman–Crippen MR) is 92.3 cm³/mol. The van der Waals surface area contributed by atoms with Crippen LogP contribution in [0, 0.1) is 0 Å². The van der Waals surface area contributed by atoms with Crippen molar-refractivity contribution < 1.29 is 9.76 Å². The molecule has 0 bridgehead atoms. The molecule has 3 atom stereocenters. The van der Waals surface area contributed by atoms with Crippen LogP contribution in [0.15, 0.2) is 24.4 Å². The van der Waals surface area contributed by atoms with Crippen LogP contribution in [0.5, 0.6) is 0 Å². The fourth-order valence-electron chi connectivity index (χ4n) is 4.05. The Morgan fingerprint density at radius 3 is 3.04 bits per heavy atom. The largest absolute Gasteiger partial charge is 0.445 e. The summed E-state index contributed by atoms with van der Waals surface area (Å²) in [5.41, 5.74) is 2.38. The third-order valence-corrected chi connectivity index (χ3v) is 5.25. The van der Waals surface area contributed by atoms with Crippen LogP contribution in [0.1, 0.15) is 37.1 Å². The highest BCUT2D eigenvalue weighted by Crippen LogP contribution is 2.43. The van der Waals surface area contributed by atoms with E-state index in [0.717, 1.165) is 29.6 Å². The Hall–Kier alpha value is -1.41. The molecule has 6 nitrogen and oxygen atoms in total. The van der Waals surface area contributed by atoms with E-state index in [9.17, 15) is 5.02 Å². The number of hydrogen-bond acceptors (Lipinski definition) is 5. The van der Waals surface area contributed by atoms with E-state index >= 15 is 0 Å². The van der Waals surface area contributed by atoms with Gasteiger partial charge in [-0.3, -0.25) is 4.68 Å². The molecule has 2 aliphatic heterocycles. The summed E-state index contributed by atoms with van der Waals surface area (Å²) >= 11 is 6.14. The standard InChI is InChI=1S/C16H20BClN4O2/c1-10-6-16(7-14(19-10)15-8-22(2)21-20-15)12-4-3-11(18)5-13(12)17(23)9-24-16/h3-5,8,10,14,19,23H,6-7,9H2,1-2H3/t10-,14-,16?/m0/s1. The zero-order chi connectivity index (χ0) is 16.9. The third-order valence-electron chi connectivity index (χ3n) is 5.01. The first-order valence-electron chi connectivity index (χ1n) is 8.21. The van der Waals surface area contributed by atoms with E-state index in [4.69, 9.17) is 16.3 Å². The molecule has 0 radical (unpaired) electrons. The molecule has 1 spiro atoms. The number of aromatic nitrogens is 3. The number of rotatable bonds is 1. The Morgan fingerprint density at radius 1 is 1.46 bits per heavy atom. The topological polar surface area (TPSA) is 72.2 Å². The zero-order valence-electron chi connectivity index (χ0n) is 13.7. The molecule has 126 valence electrons. The minimum absolute atomic E-state index is 0.0567. The number of halogens is 1. The minimum Gasteiger partial charge on any atom is -0.445 e. The zero-order valence-corrected chi connectivity index (χ0v) is 14.5. The fourth-order valence-corrected chi connectivity index (χ4v) is 4.23. The molecule has 4 rings (SSSR count). The van der Waals surface area contributed by atoms with Crippen molar-refractivity contribution in [1.82, 2.24) is 20.3 Å². The van der Waals surface area contributed by atoms with Crippen LogP contribution in [0.4, 0.5) is 0 Å². The molecule has 0 aliphatic carbocycles. The average Bonchev–Trinajstić information content (AvgIpc) is 2.97. The summed E-state index contributed by atoms with van der Waals surface area (Å²) in [6.07, 6.45) is 3.52. The van der Waals surface area contributed by atoms with Gasteiger partial charge in [-0.25, -0.2) is 0 Å². The quantitative estimate of drug-likeness (QED) is 0.752. The van der Waals surface area contributed by atoms with Gasteiger partial charge in [0.15, 0.2) is 0 Å². The molecule has 1 fully saturated rings. The highest BCUT2D eigenvalue weighted by Gasteiger charge is 2.47. The second-order valence-corrected chi connectivity index (χ2v) is 7.33. The lowest BCUT2D eigenvalue weighted by Crippen LogP contribution is -2.57. The van der Waals surface area contributed by atoms with E-state index in [-0.39, 0.29) is 18.6 Å². The molecular weight excluding hydrogens is 326 g/mol. The second-order valence-electron chi connectivity index (χ2n) is 6.90. The SMILES string of the molecule is C[C@H]1CC2(C[C@@H](c3cn(C)nn3)N1)OCB(O)c1cc(Cl)ccc12. The van der Waals surface area contributed by atoms with Gasteiger partial charge in [0.05, 0.1) is 23.8 Å². The maximum atomic E-state index is 10.3. The molecule has 3 heterocycles. The normalized spacial score (nSPS) is 29.8. The minimum atomic E-state index is -0.635. The molecule has 2 aromatic rings. The van der Waals surface area contributed by atoms with Gasteiger partial charge in [-0.1, -0.05) is 22.9 Å². The second kappa shape index (κ2) is 5.84. The van der Waals surface area contributed by atoms with Crippen LogP contribution < -0.4 is 10.8 Å². The van der Waals surface area contributed by atoms with E-state index in [1.807, 2.05) is 31.4 Å². The lowest BCUT2D eigenvalue weighted by Gasteiger charge is -2.47. The highest BCUT2D eigenvalue weighted by molar-refractivity contribution is 6.67. The van der Waals surface area contributed by atoms with Gasteiger partial charge >= 0.3 is 6.92 Å². The number of hydrogen-bond donors (Lipinski definition) is 2. The summed E-state index contributed by atoms with van der Waals surface area (Å²) in [4.78, 5) is 0. The number of piperidine rings is 1. The maximum Gasteiger partial charge on any atom is 0.351 e. The first kappa shape index (κ1) is 16.1. The van der Waals surface area contributed by atoms with Crippen LogP contribution in [0.2, 0.25) is 5.02 Å². The molecule has 1 aromatic heterocycles. The number of fused-ring (bicyclic) bond motifs is 2. The van der Waals surface area contributed by atoms with E-state index in [0.29, 0.717) is 5.02 Å². The van der Waals surface area contributed by atoms with Crippen LogP contribution >= 0.6 is 11.6 Å². The van der Waals surface area contributed by atoms with Crippen LogP contribution in [0.25, 0.3) is 0 Å². The van der Waals surface area contributed by atoms with Gasteiger partial charge in [0, 0.05) is 30.7 Å². The van der Waals surface area contributed by atoms with Gasteiger partial charge in [0.1, 0.15) is 0 Å². The van der Waals surface area contributed by atoms with Crippen LogP contribution in [0.3, 0.4) is 0 Å². The van der Waals surface area contributed by atoms with Crippen LogP contribution in [-0.2, 0) is 17.4 Å². The van der Waals surface area contributed by atoms with Crippen molar-refractivity contribution in [3.63, 3.8) is 0 Å². The van der Waals surface area contributed by atoms with Gasteiger partial charge in [-0.2, -0.15) is 0 Å².